The Morgan fingerprint density at radius 3 is 2.56 bits per heavy atom. The lowest BCUT2D eigenvalue weighted by Crippen LogP contribution is -2.26. The van der Waals surface area contributed by atoms with Gasteiger partial charge in [0.2, 0.25) is 10.0 Å². The minimum absolute atomic E-state index is 0.0462. The van der Waals surface area contributed by atoms with Crippen molar-refractivity contribution < 1.29 is 18.3 Å². The first-order valence-corrected chi connectivity index (χ1v) is 10.2. The van der Waals surface area contributed by atoms with Crippen molar-refractivity contribution in [1.82, 2.24) is 15.3 Å². The molecule has 3 rings (SSSR count). The highest BCUT2D eigenvalue weighted by molar-refractivity contribution is 7.92. The molecule has 4 N–H and O–H groups in total. The summed E-state index contributed by atoms with van der Waals surface area (Å²) in [7, 11) is -3.30. The maximum absolute atomic E-state index is 12.5. The molecule has 142 valence electrons. The lowest BCUT2D eigenvalue weighted by Gasteiger charge is -2.08. The van der Waals surface area contributed by atoms with Gasteiger partial charge in [-0.25, -0.2) is 13.4 Å². The van der Waals surface area contributed by atoms with Gasteiger partial charge in [0.15, 0.2) is 0 Å². The molecule has 0 aliphatic rings. The number of benzene rings is 2. The first-order chi connectivity index (χ1) is 12.7. The summed E-state index contributed by atoms with van der Waals surface area (Å²) in [4.78, 5) is 19.7. The number of carbonyl (C=O) groups is 1. The molecule has 0 aliphatic heterocycles. The summed E-state index contributed by atoms with van der Waals surface area (Å²) in [5.41, 5.74) is 2.71. The number of aromatic nitrogens is 2. The van der Waals surface area contributed by atoms with E-state index >= 15 is 0 Å². The number of amides is 1. The van der Waals surface area contributed by atoms with Crippen LogP contribution in [0.2, 0.25) is 0 Å². The number of phenols is 1. The van der Waals surface area contributed by atoms with Crippen molar-refractivity contribution in [3.05, 3.63) is 53.3 Å². The molecular formula is C18H20N4O4S. The number of carbonyl (C=O) groups excluding carboxylic acids is 1. The van der Waals surface area contributed by atoms with Crippen LogP contribution in [0.3, 0.4) is 0 Å². The van der Waals surface area contributed by atoms with Crippen LogP contribution in [0.15, 0.2) is 36.4 Å². The number of hydrogen-bond donors (Lipinski definition) is 4. The number of phenolic OH excluding ortho intramolecular Hbond substituents is 1. The molecule has 2 aromatic carbocycles. The van der Waals surface area contributed by atoms with Gasteiger partial charge >= 0.3 is 0 Å². The largest absolute Gasteiger partial charge is 0.506 e. The van der Waals surface area contributed by atoms with Gasteiger partial charge in [-0.3, -0.25) is 9.52 Å². The summed E-state index contributed by atoms with van der Waals surface area (Å²) in [5, 5.41) is 12.7. The molecule has 0 unspecified atom stereocenters. The number of imidazole rings is 1. The van der Waals surface area contributed by atoms with E-state index in [2.05, 4.69) is 20.0 Å². The van der Waals surface area contributed by atoms with Crippen LogP contribution in [0.5, 0.6) is 5.75 Å². The van der Waals surface area contributed by atoms with E-state index < -0.39 is 10.0 Å². The molecule has 0 saturated heterocycles. The van der Waals surface area contributed by atoms with Crippen molar-refractivity contribution in [2.24, 2.45) is 0 Å². The Morgan fingerprint density at radius 2 is 1.89 bits per heavy atom. The first-order valence-electron chi connectivity index (χ1n) is 8.26. The average molecular weight is 388 g/mol. The van der Waals surface area contributed by atoms with Gasteiger partial charge in [0.1, 0.15) is 22.6 Å². The van der Waals surface area contributed by atoms with Gasteiger partial charge in [-0.15, -0.1) is 0 Å². The van der Waals surface area contributed by atoms with Crippen molar-refractivity contribution >= 4 is 32.7 Å². The number of nitrogens with zero attached hydrogens (tertiary/aromatic N) is 1. The van der Waals surface area contributed by atoms with Crippen molar-refractivity contribution in [1.29, 1.82) is 0 Å². The van der Waals surface area contributed by atoms with E-state index in [9.17, 15) is 18.3 Å². The van der Waals surface area contributed by atoms with Crippen LogP contribution < -0.4 is 10.0 Å². The summed E-state index contributed by atoms with van der Waals surface area (Å²) < 4.78 is 24.8. The third-order valence-corrected chi connectivity index (χ3v) is 4.55. The zero-order chi connectivity index (χ0) is 19.6. The molecule has 1 amide bonds. The topological polar surface area (TPSA) is 124 Å². The number of aromatic amines is 1. The molecular weight excluding hydrogens is 368 g/mol. The number of sulfonamides is 1. The Hall–Kier alpha value is -3.07. The minimum atomic E-state index is -3.30. The van der Waals surface area contributed by atoms with Crippen molar-refractivity contribution in [2.45, 2.75) is 13.3 Å². The van der Waals surface area contributed by atoms with E-state index in [1.165, 1.54) is 6.07 Å². The number of anilines is 1. The fraction of sp³-hybridized carbons (Fsp3) is 0.222. The summed E-state index contributed by atoms with van der Waals surface area (Å²) in [6.45, 7) is 2.16. The maximum atomic E-state index is 12.5. The number of H-pyrrole nitrogens is 1. The predicted octanol–water partition coefficient (Wildman–Crippen LogP) is 1.92. The summed E-state index contributed by atoms with van der Waals surface area (Å²) >= 11 is 0. The minimum Gasteiger partial charge on any atom is -0.506 e. The molecule has 1 aromatic heterocycles. The van der Waals surface area contributed by atoms with Crippen LogP contribution in [-0.4, -0.2) is 42.2 Å². The molecule has 0 bridgehead atoms. The van der Waals surface area contributed by atoms with E-state index in [0.717, 1.165) is 11.8 Å². The molecule has 0 radical (unpaired) electrons. The molecule has 0 saturated carbocycles. The average Bonchev–Trinajstić information content (AvgIpc) is 2.97. The second kappa shape index (κ2) is 7.28. The second-order valence-electron chi connectivity index (χ2n) is 6.26. The van der Waals surface area contributed by atoms with Crippen LogP contribution in [0, 0.1) is 6.92 Å². The van der Waals surface area contributed by atoms with Gasteiger partial charge in [0.25, 0.3) is 5.91 Å². The van der Waals surface area contributed by atoms with Gasteiger partial charge < -0.3 is 15.4 Å². The van der Waals surface area contributed by atoms with Crippen LogP contribution in [0.25, 0.3) is 11.0 Å². The molecule has 27 heavy (non-hydrogen) atoms. The number of aromatic hydroxyl groups is 1. The van der Waals surface area contributed by atoms with Crippen LogP contribution in [0.1, 0.15) is 21.7 Å². The normalized spacial score (nSPS) is 11.5. The van der Waals surface area contributed by atoms with Gasteiger partial charge in [0, 0.05) is 12.2 Å². The molecule has 1 heterocycles. The third kappa shape index (κ3) is 4.56. The molecule has 0 fully saturated rings. The highest BCUT2D eigenvalue weighted by Gasteiger charge is 2.15. The predicted molar refractivity (Wildman–Crippen MR) is 103 cm³/mol. The van der Waals surface area contributed by atoms with Crippen LogP contribution in [0.4, 0.5) is 5.69 Å². The van der Waals surface area contributed by atoms with Crippen molar-refractivity contribution in [3.8, 4) is 5.75 Å². The summed E-state index contributed by atoms with van der Waals surface area (Å²) in [6.07, 6.45) is 1.68. The second-order valence-corrected chi connectivity index (χ2v) is 8.00. The number of fused-ring (bicyclic) bond motifs is 1. The number of nitrogens with one attached hydrogen (secondary N) is 3. The SMILES string of the molecule is Cc1nc2c(C(=O)NCCc3ccc(NS(C)(=O)=O)cc3)ccc(O)c2[nH]1. The first kappa shape index (κ1) is 18.7. The molecule has 0 spiro atoms. The molecule has 8 nitrogen and oxygen atoms in total. The quantitative estimate of drug-likeness (QED) is 0.514. The van der Waals surface area contributed by atoms with Gasteiger partial charge in [-0.1, -0.05) is 12.1 Å². The van der Waals surface area contributed by atoms with E-state index in [-0.39, 0.29) is 11.7 Å². The number of aryl methyl sites for hydroxylation is 1. The Morgan fingerprint density at radius 1 is 1.19 bits per heavy atom. The zero-order valence-electron chi connectivity index (χ0n) is 14.9. The lowest BCUT2D eigenvalue weighted by atomic mass is 10.1. The highest BCUT2D eigenvalue weighted by Crippen LogP contribution is 2.25. The van der Waals surface area contributed by atoms with E-state index in [0.29, 0.717) is 41.1 Å². The van der Waals surface area contributed by atoms with E-state index in [4.69, 9.17) is 0 Å². The van der Waals surface area contributed by atoms with E-state index in [1.807, 2.05) is 0 Å². The number of rotatable bonds is 6. The van der Waals surface area contributed by atoms with Crippen LogP contribution >= 0.6 is 0 Å². The Kier molecular flexibility index (Phi) is 5.04. The van der Waals surface area contributed by atoms with Crippen molar-refractivity contribution in [2.75, 3.05) is 17.5 Å². The Balaban J connectivity index is 1.63. The zero-order valence-corrected chi connectivity index (χ0v) is 15.7. The monoisotopic (exact) mass is 388 g/mol. The van der Waals surface area contributed by atoms with E-state index in [1.54, 1.807) is 37.3 Å². The van der Waals surface area contributed by atoms with Gasteiger partial charge in [-0.05, 0) is 43.2 Å². The fourth-order valence-electron chi connectivity index (χ4n) is 2.75. The Labute approximate surface area is 156 Å². The van der Waals surface area contributed by atoms with Gasteiger partial charge in [-0.2, -0.15) is 0 Å². The third-order valence-electron chi connectivity index (χ3n) is 3.94. The Bertz CT molecular complexity index is 1090. The van der Waals surface area contributed by atoms with Gasteiger partial charge in [0.05, 0.1) is 11.8 Å². The summed E-state index contributed by atoms with van der Waals surface area (Å²) in [6, 6.07) is 9.95. The fourth-order valence-corrected chi connectivity index (χ4v) is 3.31. The van der Waals surface area contributed by atoms with Crippen LogP contribution in [-0.2, 0) is 16.4 Å². The molecule has 0 aliphatic carbocycles. The number of hydrogen-bond acceptors (Lipinski definition) is 5. The molecule has 3 aromatic rings. The smallest absolute Gasteiger partial charge is 0.253 e. The lowest BCUT2D eigenvalue weighted by molar-refractivity contribution is 0.0955. The highest BCUT2D eigenvalue weighted by atomic mass is 32.2. The maximum Gasteiger partial charge on any atom is 0.253 e. The molecule has 0 atom stereocenters. The van der Waals surface area contributed by atoms with Crippen molar-refractivity contribution in [3.63, 3.8) is 0 Å². The molecule has 9 heteroatoms. The standard InChI is InChI=1S/C18H20N4O4S/c1-11-20-16-14(7-8-15(23)17(16)21-11)18(24)19-10-9-12-3-5-13(6-4-12)22-27(2,25)26/h3-8,22-23H,9-10H2,1-2H3,(H,19,24)(H,20,21). The summed E-state index contributed by atoms with van der Waals surface area (Å²) in [5.74, 6) is 0.384.